The summed E-state index contributed by atoms with van der Waals surface area (Å²) in [7, 11) is 0. The van der Waals surface area contributed by atoms with Crippen LogP contribution in [0.1, 0.15) is 18.4 Å². The molecule has 0 aliphatic carbocycles. The number of hydrogen-bond donors (Lipinski definition) is 2. The molecule has 0 radical (unpaired) electrons. The first-order valence-corrected chi connectivity index (χ1v) is 5.74. The Kier molecular flexibility index (Phi) is 3.63. The Labute approximate surface area is 105 Å². The molecule has 6 heteroatoms. The molecule has 1 atom stereocenters. The molecular formula is C12H14N4O2. The van der Waals surface area contributed by atoms with Gasteiger partial charge in [-0.25, -0.2) is 4.98 Å². The molecular weight excluding hydrogens is 232 g/mol. The molecule has 0 aromatic carbocycles. The first-order valence-electron chi connectivity index (χ1n) is 5.74. The van der Waals surface area contributed by atoms with Crippen molar-refractivity contribution in [3.8, 4) is 11.8 Å². The normalized spacial score (nSPS) is 18.8. The molecule has 1 aromatic rings. The molecule has 0 bridgehead atoms. The van der Waals surface area contributed by atoms with E-state index in [9.17, 15) is 4.79 Å². The van der Waals surface area contributed by atoms with Gasteiger partial charge in [0.2, 0.25) is 5.91 Å². The average Bonchev–Trinajstić information content (AvgIpc) is 2.37. The zero-order valence-electron chi connectivity index (χ0n) is 9.85. The minimum atomic E-state index is 0.0459. The second-order valence-electron chi connectivity index (χ2n) is 4.24. The Morgan fingerprint density at radius 2 is 2.50 bits per heavy atom. The van der Waals surface area contributed by atoms with E-state index >= 15 is 0 Å². The number of pyridine rings is 1. The van der Waals surface area contributed by atoms with E-state index in [1.165, 1.54) is 12.3 Å². The first-order chi connectivity index (χ1) is 8.69. The summed E-state index contributed by atoms with van der Waals surface area (Å²) >= 11 is 0. The van der Waals surface area contributed by atoms with Crippen LogP contribution in [-0.4, -0.2) is 24.0 Å². The second kappa shape index (κ2) is 5.36. The number of nitrogens with two attached hydrogens (primary N) is 1. The van der Waals surface area contributed by atoms with Crippen molar-refractivity contribution < 1.29 is 9.53 Å². The predicted molar refractivity (Wildman–Crippen MR) is 64.6 cm³/mol. The van der Waals surface area contributed by atoms with Crippen LogP contribution in [-0.2, 0) is 4.79 Å². The molecule has 6 nitrogen and oxygen atoms in total. The topological polar surface area (TPSA) is 101 Å². The summed E-state index contributed by atoms with van der Waals surface area (Å²) in [4.78, 5) is 15.0. The van der Waals surface area contributed by atoms with Gasteiger partial charge in [0.1, 0.15) is 23.2 Å². The van der Waals surface area contributed by atoms with Crippen LogP contribution in [0.5, 0.6) is 5.75 Å². The minimum Gasteiger partial charge on any atom is -0.492 e. The highest BCUT2D eigenvalue weighted by molar-refractivity contribution is 5.76. The van der Waals surface area contributed by atoms with Crippen LogP contribution in [0.3, 0.4) is 0 Å². The average molecular weight is 246 g/mol. The highest BCUT2D eigenvalue weighted by Gasteiger charge is 2.20. The molecule has 1 saturated heterocycles. The van der Waals surface area contributed by atoms with Gasteiger partial charge in [-0.3, -0.25) is 4.79 Å². The van der Waals surface area contributed by atoms with Crippen molar-refractivity contribution in [3.63, 3.8) is 0 Å². The number of rotatable bonds is 3. The minimum absolute atomic E-state index is 0.0459. The van der Waals surface area contributed by atoms with Crippen molar-refractivity contribution in [2.75, 3.05) is 18.9 Å². The number of carbonyl (C=O) groups excluding carboxylic acids is 1. The third kappa shape index (κ3) is 2.88. The van der Waals surface area contributed by atoms with E-state index in [0.29, 0.717) is 36.7 Å². The lowest BCUT2D eigenvalue weighted by molar-refractivity contribution is -0.123. The van der Waals surface area contributed by atoms with Crippen molar-refractivity contribution in [2.45, 2.75) is 12.8 Å². The summed E-state index contributed by atoms with van der Waals surface area (Å²) in [6.45, 7) is 1.09. The van der Waals surface area contributed by atoms with E-state index < -0.39 is 0 Å². The fourth-order valence-electron chi connectivity index (χ4n) is 1.86. The van der Waals surface area contributed by atoms with Gasteiger partial charge in [-0.15, -0.1) is 0 Å². The van der Waals surface area contributed by atoms with Gasteiger partial charge in [-0.1, -0.05) is 0 Å². The molecule has 1 aliphatic rings. The molecule has 1 aromatic heterocycles. The van der Waals surface area contributed by atoms with Crippen molar-refractivity contribution in [3.05, 3.63) is 17.8 Å². The van der Waals surface area contributed by atoms with Gasteiger partial charge in [0, 0.05) is 24.9 Å². The number of hydrogen-bond acceptors (Lipinski definition) is 5. The largest absolute Gasteiger partial charge is 0.492 e. The molecule has 94 valence electrons. The number of nitrogens with zero attached hydrogens (tertiary/aromatic N) is 2. The number of amides is 1. The molecule has 1 unspecified atom stereocenters. The predicted octanol–water partition coefficient (Wildman–Crippen LogP) is 0.440. The second-order valence-corrected chi connectivity index (χ2v) is 4.24. The van der Waals surface area contributed by atoms with Crippen molar-refractivity contribution >= 4 is 11.7 Å². The zero-order chi connectivity index (χ0) is 13.0. The Bertz CT molecular complexity index is 495. The summed E-state index contributed by atoms with van der Waals surface area (Å²) in [6.07, 6.45) is 2.73. The molecule has 3 N–H and O–H groups in total. The van der Waals surface area contributed by atoms with Crippen LogP contribution in [0.2, 0.25) is 0 Å². The molecule has 1 aliphatic heterocycles. The quantitative estimate of drug-likeness (QED) is 0.805. The van der Waals surface area contributed by atoms with Crippen molar-refractivity contribution in [2.24, 2.45) is 5.92 Å². The smallest absolute Gasteiger partial charge is 0.220 e. The summed E-state index contributed by atoms with van der Waals surface area (Å²) in [5.74, 6) is 0.964. The molecule has 0 spiro atoms. The first kappa shape index (κ1) is 12.2. The molecule has 2 heterocycles. The number of nitriles is 1. The standard InChI is InChI=1S/C12H14N4O2/c13-5-9-6-16-11(14)4-10(9)18-7-8-1-2-15-12(17)3-8/h4,6,8H,1-3,7H2,(H2,14,16)(H,15,17). The number of carbonyl (C=O) groups is 1. The van der Waals surface area contributed by atoms with Crippen LogP contribution < -0.4 is 15.8 Å². The van der Waals surface area contributed by atoms with Gasteiger partial charge >= 0.3 is 0 Å². The number of nitrogens with one attached hydrogen (secondary N) is 1. The number of ether oxygens (including phenoxy) is 1. The molecule has 1 amide bonds. The highest BCUT2D eigenvalue weighted by Crippen LogP contribution is 2.21. The fourth-order valence-corrected chi connectivity index (χ4v) is 1.86. The summed E-state index contributed by atoms with van der Waals surface area (Å²) in [5.41, 5.74) is 5.90. The third-order valence-corrected chi connectivity index (χ3v) is 2.83. The van der Waals surface area contributed by atoms with Crippen molar-refractivity contribution in [1.82, 2.24) is 10.3 Å². The molecule has 0 saturated carbocycles. The van der Waals surface area contributed by atoms with Gasteiger partial charge in [-0.05, 0) is 6.42 Å². The molecule has 2 rings (SSSR count). The number of piperidine rings is 1. The lowest BCUT2D eigenvalue weighted by Crippen LogP contribution is -2.35. The van der Waals surface area contributed by atoms with Gasteiger partial charge in [-0.2, -0.15) is 5.26 Å². The Morgan fingerprint density at radius 3 is 3.22 bits per heavy atom. The fraction of sp³-hybridized carbons (Fsp3) is 0.417. The van der Waals surface area contributed by atoms with E-state index in [0.717, 1.165) is 6.42 Å². The molecule has 18 heavy (non-hydrogen) atoms. The lowest BCUT2D eigenvalue weighted by Gasteiger charge is -2.22. The van der Waals surface area contributed by atoms with Crippen LogP contribution in [0.4, 0.5) is 5.82 Å². The van der Waals surface area contributed by atoms with Crippen LogP contribution in [0, 0.1) is 17.2 Å². The Morgan fingerprint density at radius 1 is 1.67 bits per heavy atom. The zero-order valence-corrected chi connectivity index (χ0v) is 9.85. The van der Waals surface area contributed by atoms with E-state index in [2.05, 4.69) is 10.3 Å². The van der Waals surface area contributed by atoms with Crippen LogP contribution in [0.15, 0.2) is 12.3 Å². The van der Waals surface area contributed by atoms with Gasteiger partial charge in [0.15, 0.2) is 0 Å². The Balaban J connectivity index is 1.99. The lowest BCUT2D eigenvalue weighted by atomic mass is 9.99. The van der Waals surface area contributed by atoms with Gasteiger partial charge in [0.25, 0.3) is 0 Å². The third-order valence-electron chi connectivity index (χ3n) is 2.83. The maximum absolute atomic E-state index is 11.2. The summed E-state index contributed by atoms with van der Waals surface area (Å²) < 4.78 is 5.57. The summed E-state index contributed by atoms with van der Waals surface area (Å²) in [5, 5.41) is 11.7. The summed E-state index contributed by atoms with van der Waals surface area (Å²) in [6, 6.07) is 3.53. The van der Waals surface area contributed by atoms with E-state index in [4.69, 9.17) is 15.7 Å². The maximum atomic E-state index is 11.2. The SMILES string of the molecule is N#Cc1cnc(N)cc1OCC1CCNC(=O)C1. The van der Waals surface area contributed by atoms with Crippen LogP contribution >= 0.6 is 0 Å². The van der Waals surface area contributed by atoms with Crippen LogP contribution in [0.25, 0.3) is 0 Å². The van der Waals surface area contributed by atoms with Crippen molar-refractivity contribution in [1.29, 1.82) is 5.26 Å². The number of anilines is 1. The van der Waals surface area contributed by atoms with Gasteiger partial charge < -0.3 is 15.8 Å². The monoisotopic (exact) mass is 246 g/mol. The number of nitrogen functional groups attached to an aromatic ring is 1. The molecule has 1 fully saturated rings. The maximum Gasteiger partial charge on any atom is 0.220 e. The Hall–Kier alpha value is -2.29. The highest BCUT2D eigenvalue weighted by atomic mass is 16.5. The number of aromatic nitrogens is 1. The van der Waals surface area contributed by atoms with E-state index in [1.807, 2.05) is 6.07 Å². The van der Waals surface area contributed by atoms with E-state index in [1.54, 1.807) is 0 Å². The van der Waals surface area contributed by atoms with E-state index in [-0.39, 0.29) is 11.8 Å². The van der Waals surface area contributed by atoms with Gasteiger partial charge in [0.05, 0.1) is 12.8 Å².